The summed E-state index contributed by atoms with van der Waals surface area (Å²) in [5.41, 5.74) is 0. The van der Waals surface area contributed by atoms with Gasteiger partial charge in [-0.3, -0.25) is 4.99 Å². The molecule has 0 heterocycles. The van der Waals surface area contributed by atoms with Crippen LogP contribution < -0.4 is 10.6 Å². The SMILES string of the molecule is CCCCCC(C)NC(=NC)NCC(C)C.I. The maximum absolute atomic E-state index is 4.22. The minimum absolute atomic E-state index is 0. The molecule has 0 aromatic rings. The Hall–Kier alpha value is 0. The van der Waals surface area contributed by atoms with E-state index in [9.17, 15) is 0 Å². The summed E-state index contributed by atoms with van der Waals surface area (Å²) in [6.07, 6.45) is 5.12. The highest BCUT2D eigenvalue weighted by atomic mass is 127. The summed E-state index contributed by atoms with van der Waals surface area (Å²) in [6, 6.07) is 0.505. The van der Waals surface area contributed by atoms with E-state index < -0.39 is 0 Å². The Kier molecular flexibility index (Phi) is 14.2. The van der Waals surface area contributed by atoms with Crippen LogP contribution in [0.4, 0.5) is 0 Å². The van der Waals surface area contributed by atoms with Crippen LogP contribution in [0.1, 0.15) is 53.4 Å². The summed E-state index contributed by atoms with van der Waals surface area (Å²) in [4.78, 5) is 4.22. The summed E-state index contributed by atoms with van der Waals surface area (Å²) in [7, 11) is 1.83. The van der Waals surface area contributed by atoms with Gasteiger partial charge in [-0.2, -0.15) is 0 Å². The molecular formula is C13H30IN3. The van der Waals surface area contributed by atoms with Crippen molar-refractivity contribution in [3.8, 4) is 0 Å². The summed E-state index contributed by atoms with van der Waals surface area (Å²) in [5, 5.41) is 6.75. The molecule has 0 amide bonds. The minimum Gasteiger partial charge on any atom is -0.356 e. The molecule has 0 aromatic carbocycles. The first-order valence-corrected chi connectivity index (χ1v) is 6.57. The number of halogens is 1. The zero-order chi connectivity index (χ0) is 12.4. The molecule has 0 saturated heterocycles. The first kappa shape index (κ1) is 19.3. The van der Waals surface area contributed by atoms with Crippen LogP contribution in [0.15, 0.2) is 4.99 Å². The fraction of sp³-hybridized carbons (Fsp3) is 0.923. The summed E-state index contributed by atoms with van der Waals surface area (Å²) in [5.74, 6) is 1.58. The molecule has 0 spiro atoms. The third-order valence-corrected chi connectivity index (χ3v) is 2.53. The van der Waals surface area contributed by atoms with Crippen molar-refractivity contribution in [2.24, 2.45) is 10.9 Å². The molecule has 0 aromatic heterocycles. The van der Waals surface area contributed by atoms with Gasteiger partial charge in [0.2, 0.25) is 0 Å². The standard InChI is InChI=1S/C13H29N3.HI/c1-6-7-8-9-12(4)16-13(14-5)15-10-11(2)3;/h11-12H,6-10H2,1-5H3,(H2,14,15,16);1H. The van der Waals surface area contributed by atoms with Crippen molar-refractivity contribution in [2.45, 2.75) is 59.4 Å². The van der Waals surface area contributed by atoms with Crippen molar-refractivity contribution in [3.63, 3.8) is 0 Å². The molecule has 0 fully saturated rings. The lowest BCUT2D eigenvalue weighted by Gasteiger charge is -2.18. The van der Waals surface area contributed by atoms with Crippen LogP contribution in [0, 0.1) is 5.92 Å². The number of unbranched alkanes of at least 4 members (excludes halogenated alkanes) is 2. The maximum Gasteiger partial charge on any atom is 0.191 e. The fourth-order valence-corrected chi connectivity index (χ4v) is 1.50. The van der Waals surface area contributed by atoms with Gasteiger partial charge < -0.3 is 10.6 Å². The summed E-state index contributed by atoms with van der Waals surface area (Å²) in [6.45, 7) is 9.83. The third-order valence-electron chi connectivity index (χ3n) is 2.53. The van der Waals surface area contributed by atoms with Gasteiger partial charge in [0.15, 0.2) is 5.96 Å². The van der Waals surface area contributed by atoms with Crippen LogP contribution in [0.25, 0.3) is 0 Å². The van der Waals surface area contributed by atoms with Crippen LogP contribution in [0.3, 0.4) is 0 Å². The second-order valence-corrected chi connectivity index (χ2v) is 4.89. The summed E-state index contributed by atoms with van der Waals surface area (Å²) >= 11 is 0. The third kappa shape index (κ3) is 12.2. The highest BCUT2D eigenvalue weighted by Crippen LogP contribution is 2.02. The lowest BCUT2D eigenvalue weighted by molar-refractivity contribution is 0.539. The number of nitrogens with zero attached hydrogens (tertiary/aromatic N) is 1. The lowest BCUT2D eigenvalue weighted by atomic mass is 10.1. The normalized spacial score (nSPS) is 13.2. The quantitative estimate of drug-likeness (QED) is 0.318. The van der Waals surface area contributed by atoms with Gasteiger partial charge in [0.25, 0.3) is 0 Å². The minimum atomic E-state index is 0. The Morgan fingerprint density at radius 2 is 1.82 bits per heavy atom. The Labute approximate surface area is 124 Å². The largest absolute Gasteiger partial charge is 0.356 e. The number of guanidine groups is 1. The predicted molar refractivity (Wildman–Crippen MR) is 88.4 cm³/mol. The van der Waals surface area contributed by atoms with E-state index in [1.807, 2.05) is 7.05 Å². The van der Waals surface area contributed by atoms with E-state index in [1.54, 1.807) is 0 Å². The second-order valence-electron chi connectivity index (χ2n) is 4.89. The molecule has 0 rings (SSSR count). The average Bonchev–Trinajstić information content (AvgIpc) is 2.24. The maximum atomic E-state index is 4.22. The van der Waals surface area contributed by atoms with Crippen LogP contribution in [-0.2, 0) is 0 Å². The first-order valence-electron chi connectivity index (χ1n) is 6.57. The van der Waals surface area contributed by atoms with E-state index in [-0.39, 0.29) is 24.0 Å². The van der Waals surface area contributed by atoms with Crippen molar-refractivity contribution in [3.05, 3.63) is 0 Å². The van der Waals surface area contributed by atoms with Gasteiger partial charge in [0.05, 0.1) is 0 Å². The van der Waals surface area contributed by atoms with Crippen LogP contribution in [0.2, 0.25) is 0 Å². The van der Waals surface area contributed by atoms with Gasteiger partial charge in [-0.1, -0.05) is 40.0 Å². The molecule has 0 aliphatic rings. The number of hydrogen-bond acceptors (Lipinski definition) is 1. The van der Waals surface area contributed by atoms with Crippen LogP contribution >= 0.6 is 24.0 Å². The molecule has 17 heavy (non-hydrogen) atoms. The second kappa shape index (κ2) is 12.5. The van der Waals surface area contributed by atoms with Crippen molar-refractivity contribution in [1.82, 2.24) is 10.6 Å². The van der Waals surface area contributed by atoms with E-state index in [0.29, 0.717) is 12.0 Å². The molecule has 104 valence electrons. The number of nitrogens with one attached hydrogen (secondary N) is 2. The first-order chi connectivity index (χ1) is 7.60. The van der Waals surface area contributed by atoms with Crippen LogP contribution in [0.5, 0.6) is 0 Å². The van der Waals surface area contributed by atoms with Gasteiger partial charge in [0, 0.05) is 19.6 Å². The Balaban J connectivity index is 0. The van der Waals surface area contributed by atoms with Crippen LogP contribution in [-0.4, -0.2) is 25.6 Å². The van der Waals surface area contributed by atoms with Gasteiger partial charge in [-0.05, 0) is 19.3 Å². The molecule has 4 heteroatoms. The molecule has 0 radical (unpaired) electrons. The molecule has 0 aliphatic heterocycles. The Morgan fingerprint density at radius 1 is 1.18 bits per heavy atom. The molecule has 3 nitrogen and oxygen atoms in total. The molecule has 1 unspecified atom stereocenters. The van der Waals surface area contributed by atoms with Gasteiger partial charge >= 0.3 is 0 Å². The fourth-order valence-electron chi connectivity index (χ4n) is 1.50. The highest BCUT2D eigenvalue weighted by molar-refractivity contribution is 14.0. The zero-order valence-corrected chi connectivity index (χ0v) is 14.4. The monoisotopic (exact) mass is 355 g/mol. The summed E-state index contributed by atoms with van der Waals surface area (Å²) < 4.78 is 0. The van der Waals surface area contributed by atoms with E-state index >= 15 is 0 Å². The van der Waals surface area contributed by atoms with E-state index in [1.165, 1.54) is 25.7 Å². The van der Waals surface area contributed by atoms with Gasteiger partial charge in [0.1, 0.15) is 0 Å². The zero-order valence-electron chi connectivity index (χ0n) is 12.0. The average molecular weight is 355 g/mol. The Morgan fingerprint density at radius 3 is 2.29 bits per heavy atom. The predicted octanol–water partition coefficient (Wildman–Crippen LogP) is 3.39. The van der Waals surface area contributed by atoms with Crippen molar-refractivity contribution >= 4 is 29.9 Å². The Bertz CT molecular complexity index is 193. The van der Waals surface area contributed by atoms with Crippen molar-refractivity contribution in [2.75, 3.05) is 13.6 Å². The molecular weight excluding hydrogens is 325 g/mol. The number of hydrogen-bond donors (Lipinski definition) is 2. The smallest absolute Gasteiger partial charge is 0.191 e. The molecule has 0 bridgehead atoms. The molecule has 0 aliphatic carbocycles. The molecule has 0 saturated carbocycles. The molecule has 1 atom stereocenters. The lowest BCUT2D eigenvalue weighted by Crippen LogP contribution is -2.43. The highest BCUT2D eigenvalue weighted by Gasteiger charge is 2.04. The number of aliphatic imine (C=N–C) groups is 1. The molecule has 2 N–H and O–H groups in total. The van der Waals surface area contributed by atoms with Crippen molar-refractivity contribution in [1.29, 1.82) is 0 Å². The van der Waals surface area contributed by atoms with E-state index in [0.717, 1.165) is 12.5 Å². The van der Waals surface area contributed by atoms with Crippen molar-refractivity contribution < 1.29 is 0 Å². The van der Waals surface area contributed by atoms with Gasteiger partial charge in [-0.25, -0.2) is 0 Å². The number of rotatable bonds is 7. The van der Waals surface area contributed by atoms with E-state index in [2.05, 4.69) is 43.3 Å². The van der Waals surface area contributed by atoms with E-state index in [4.69, 9.17) is 0 Å². The van der Waals surface area contributed by atoms with Gasteiger partial charge in [-0.15, -0.1) is 24.0 Å². The topological polar surface area (TPSA) is 36.4 Å².